The van der Waals surface area contributed by atoms with Crippen LogP contribution in [0.25, 0.3) is 10.9 Å². The normalized spacial score (nSPS) is 18.6. The molecule has 204 valence electrons. The molecule has 6 rings (SSSR count). The molecule has 13 heteroatoms. The Bertz CT molecular complexity index is 1500. The summed E-state index contributed by atoms with van der Waals surface area (Å²) in [6, 6.07) is 9.15. The van der Waals surface area contributed by atoms with E-state index in [1.807, 2.05) is 35.2 Å². The number of aromatic nitrogens is 5. The molecule has 0 amide bonds. The monoisotopic (exact) mass is 574 g/mol. The van der Waals surface area contributed by atoms with Gasteiger partial charge < -0.3 is 19.7 Å². The van der Waals surface area contributed by atoms with Crippen molar-refractivity contribution in [3.63, 3.8) is 0 Å². The smallest absolute Gasteiger partial charge is 0.356 e. The molecule has 1 N–H and O–H groups in total. The number of pyridine rings is 1. The van der Waals surface area contributed by atoms with Gasteiger partial charge in [-0.15, -0.1) is 0 Å². The number of alkyl halides is 3. The number of H-pyrrole nitrogens is 1. The minimum Gasteiger partial charge on any atom is -0.356 e. The molecule has 0 spiro atoms. The lowest BCUT2D eigenvalue weighted by atomic mass is 9.93. The summed E-state index contributed by atoms with van der Waals surface area (Å²) in [4.78, 5) is 26.5. The molecule has 0 unspecified atom stereocenters. The quantitative estimate of drug-likeness (QED) is 0.340. The van der Waals surface area contributed by atoms with Crippen LogP contribution in [0.1, 0.15) is 28.7 Å². The van der Waals surface area contributed by atoms with E-state index in [9.17, 15) is 13.2 Å². The summed E-state index contributed by atoms with van der Waals surface area (Å²) >= 11 is 7.36. The number of rotatable bonds is 4. The van der Waals surface area contributed by atoms with E-state index in [0.29, 0.717) is 18.0 Å². The van der Waals surface area contributed by atoms with E-state index < -0.39 is 18.0 Å². The number of hydrogen-bond donors (Lipinski definition) is 1. The molecular formula is C26H26ClF3N8S. The van der Waals surface area contributed by atoms with Crippen LogP contribution in [0.3, 0.4) is 0 Å². The summed E-state index contributed by atoms with van der Waals surface area (Å²) in [5.74, 6) is -0.340. The van der Waals surface area contributed by atoms with Gasteiger partial charge in [0, 0.05) is 60.5 Å². The Morgan fingerprint density at radius 3 is 2.51 bits per heavy atom. The topological polar surface area (TPSA) is 77.1 Å². The number of piperazine rings is 1. The number of thioether (sulfide) groups is 1. The molecular weight excluding hydrogens is 549 g/mol. The van der Waals surface area contributed by atoms with Gasteiger partial charge in [0.2, 0.25) is 11.8 Å². The van der Waals surface area contributed by atoms with E-state index in [0.717, 1.165) is 71.5 Å². The Kier molecular flexibility index (Phi) is 6.80. The molecule has 2 aliphatic rings. The van der Waals surface area contributed by atoms with Crippen molar-refractivity contribution in [2.45, 2.75) is 23.8 Å². The average Bonchev–Trinajstić information content (AvgIpc) is 3.30. The lowest BCUT2D eigenvalue weighted by Gasteiger charge is -2.37. The number of benzene rings is 1. The van der Waals surface area contributed by atoms with Crippen molar-refractivity contribution in [2.75, 3.05) is 55.8 Å². The van der Waals surface area contributed by atoms with Crippen LogP contribution >= 0.6 is 23.4 Å². The van der Waals surface area contributed by atoms with Gasteiger partial charge in [-0.05, 0) is 55.1 Å². The molecule has 8 nitrogen and oxygen atoms in total. The molecule has 5 heterocycles. The van der Waals surface area contributed by atoms with Crippen molar-refractivity contribution in [3.05, 3.63) is 64.2 Å². The molecule has 0 saturated carbocycles. The number of likely N-dealkylation sites (N-methyl/N-ethyl adjacent to an activating group) is 1. The number of nitrogens with zero attached hydrogens (tertiary/aromatic N) is 7. The Balaban J connectivity index is 1.46. The lowest BCUT2D eigenvalue weighted by Crippen LogP contribution is -2.44. The van der Waals surface area contributed by atoms with Gasteiger partial charge in [-0.2, -0.15) is 28.1 Å². The van der Waals surface area contributed by atoms with Crippen LogP contribution < -0.4 is 9.80 Å². The highest BCUT2D eigenvalue weighted by molar-refractivity contribution is 7.98. The predicted molar refractivity (Wildman–Crippen MR) is 147 cm³/mol. The Morgan fingerprint density at radius 1 is 1.03 bits per heavy atom. The third kappa shape index (κ3) is 5.01. The Labute approximate surface area is 232 Å². The van der Waals surface area contributed by atoms with E-state index in [4.69, 9.17) is 16.6 Å². The molecule has 1 fully saturated rings. The molecule has 39 heavy (non-hydrogen) atoms. The van der Waals surface area contributed by atoms with Crippen LogP contribution in [-0.2, 0) is 12.6 Å². The molecule has 0 bridgehead atoms. The maximum absolute atomic E-state index is 13.7. The first-order valence-electron chi connectivity index (χ1n) is 12.5. The van der Waals surface area contributed by atoms with Gasteiger partial charge in [0.15, 0.2) is 5.16 Å². The summed E-state index contributed by atoms with van der Waals surface area (Å²) in [6.07, 6.45) is -0.656. The number of fused-ring (bicyclic) bond motifs is 3. The van der Waals surface area contributed by atoms with Gasteiger partial charge in [0.1, 0.15) is 5.82 Å². The largest absolute Gasteiger partial charge is 0.451 e. The molecule has 1 aromatic carbocycles. The van der Waals surface area contributed by atoms with Gasteiger partial charge in [-0.1, -0.05) is 29.4 Å². The summed E-state index contributed by atoms with van der Waals surface area (Å²) in [5, 5.41) is 1.64. The fraction of sp³-hybridized carbons (Fsp3) is 0.385. The molecule has 0 radical (unpaired) electrons. The van der Waals surface area contributed by atoms with Crippen LogP contribution in [-0.4, -0.2) is 75.8 Å². The zero-order chi connectivity index (χ0) is 27.3. The number of anilines is 2. The second kappa shape index (κ2) is 10.1. The van der Waals surface area contributed by atoms with Crippen molar-refractivity contribution in [1.82, 2.24) is 29.8 Å². The van der Waals surface area contributed by atoms with E-state index in [2.05, 4.69) is 36.8 Å². The van der Waals surface area contributed by atoms with Crippen LogP contribution in [0, 0.1) is 0 Å². The van der Waals surface area contributed by atoms with E-state index in [1.165, 1.54) is 0 Å². The lowest BCUT2D eigenvalue weighted by molar-refractivity contribution is -0.145. The summed E-state index contributed by atoms with van der Waals surface area (Å²) < 4.78 is 41.1. The van der Waals surface area contributed by atoms with Gasteiger partial charge >= 0.3 is 6.18 Å². The zero-order valence-corrected chi connectivity index (χ0v) is 22.9. The first-order chi connectivity index (χ1) is 18.7. The van der Waals surface area contributed by atoms with Crippen molar-refractivity contribution in [1.29, 1.82) is 0 Å². The minimum absolute atomic E-state index is 0.0165. The first kappa shape index (κ1) is 26.1. The van der Waals surface area contributed by atoms with Crippen LogP contribution in [0.4, 0.5) is 24.9 Å². The summed E-state index contributed by atoms with van der Waals surface area (Å²) in [6.45, 7) is 4.09. The van der Waals surface area contributed by atoms with Gasteiger partial charge in [0.25, 0.3) is 0 Å². The average molecular weight is 575 g/mol. The fourth-order valence-electron chi connectivity index (χ4n) is 5.30. The fourth-order valence-corrected chi connectivity index (χ4v) is 5.82. The van der Waals surface area contributed by atoms with Crippen molar-refractivity contribution in [2.24, 2.45) is 0 Å². The number of aromatic amines is 1. The standard InChI is InChI=1S/C26H26ClF3N8S/c1-36-9-11-37(12-10-36)20-6-3-15(14-31-20)22-21-17(18-13-16(27)4-5-19(18)32-21)7-8-38(22)24-33-23(26(28,29)30)34-25(35-24)39-2/h3-6,13-14,22,32H,7-12H2,1-2H3/t22-/m0/s1. The van der Waals surface area contributed by atoms with Gasteiger partial charge in [-0.25, -0.2) is 4.98 Å². The summed E-state index contributed by atoms with van der Waals surface area (Å²) in [5.41, 5.74) is 3.68. The number of nitrogens with one attached hydrogen (secondary N) is 1. The highest BCUT2D eigenvalue weighted by Gasteiger charge is 2.39. The minimum atomic E-state index is -4.69. The first-order valence-corrected chi connectivity index (χ1v) is 14.1. The molecule has 3 aromatic heterocycles. The SMILES string of the molecule is CSc1nc(N2CCc3c([nH]c4ccc(Cl)cc34)[C@@H]2c2ccc(N3CCN(C)CC3)nc2)nc(C(F)(F)F)n1. The van der Waals surface area contributed by atoms with E-state index in [1.54, 1.807) is 12.5 Å². The second-order valence-electron chi connectivity index (χ2n) is 9.74. The molecule has 4 aromatic rings. The molecule has 1 saturated heterocycles. The van der Waals surface area contributed by atoms with Crippen LogP contribution in [0.15, 0.2) is 41.7 Å². The highest BCUT2D eigenvalue weighted by Crippen LogP contribution is 2.41. The van der Waals surface area contributed by atoms with E-state index in [-0.39, 0.29) is 11.1 Å². The van der Waals surface area contributed by atoms with Crippen LogP contribution in [0.2, 0.25) is 5.02 Å². The van der Waals surface area contributed by atoms with Crippen molar-refractivity contribution in [3.8, 4) is 0 Å². The van der Waals surface area contributed by atoms with Crippen molar-refractivity contribution < 1.29 is 13.2 Å². The Morgan fingerprint density at radius 2 is 1.82 bits per heavy atom. The second-order valence-corrected chi connectivity index (χ2v) is 10.9. The van der Waals surface area contributed by atoms with Gasteiger partial charge in [0.05, 0.1) is 6.04 Å². The maximum atomic E-state index is 13.7. The zero-order valence-electron chi connectivity index (χ0n) is 21.3. The summed E-state index contributed by atoms with van der Waals surface area (Å²) in [7, 11) is 2.10. The van der Waals surface area contributed by atoms with Gasteiger partial charge in [-0.3, -0.25) is 0 Å². The third-order valence-electron chi connectivity index (χ3n) is 7.30. The number of halogens is 4. The van der Waals surface area contributed by atoms with Crippen LogP contribution in [0.5, 0.6) is 0 Å². The molecule has 1 atom stereocenters. The Hall–Kier alpha value is -3.09. The van der Waals surface area contributed by atoms with Crippen molar-refractivity contribution >= 4 is 46.0 Å². The maximum Gasteiger partial charge on any atom is 0.451 e. The molecule has 0 aliphatic carbocycles. The highest BCUT2D eigenvalue weighted by atomic mass is 35.5. The van der Waals surface area contributed by atoms with E-state index >= 15 is 0 Å². The predicted octanol–water partition coefficient (Wildman–Crippen LogP) is 5.05. The third-order valence-corrected chi connectivity index (χ3v) is 8.08. The molecule has 2 aliphatic heterocycles. The number of hydrogen-bond acceptors (Lipinski definition) is 8.